The van der Waals surface area contributed by atoms with Crippen LogP contribution >= 0.6 is 23.8 Å². The van der Waals surface area contributed by atoms with E-state index in [1.807, 2.05) is 36.5 Å². The number of thiocarbonyl (C=S) groups is 1. The third-order valence-corrected chi connectivity index (χ3v) is 7.06. The summed E-state index contributed by atoms with van der Waals surface area (Å²) < 4.78 is 8.23. The van der Waals surface area contributed by atoms with E-state index < -0.39 is 0 Å². The number of hydrogen-bond donors (Lipinski definition) is 1. The average molecular weight is 467 g/mol. The third-order valence-electron chi connectivity index (χ3n) is 6.48. The number of aromatic nitrogens is 2. The van der Waals surface area contributed by atoms with E-state index in [2.05, 4.69) is 51.8 Å². The van der Waals surface area contributed by atoms with Gasteiger partial charge in [-0.15, -0.1) is 0 Å². The summed E-state index contributed by atoms with van der Waals surface area (Å²) in [6, 6.07) is 16.3. The number of pyridine rings is 1. The summed E-state index contributed by atoms with van der Waals surface area (Å²) in [5.74, 6) is 0. The van der Waals surface area contributed by atoms with Crippen molar-refractivity contribution in [2.24, 2.45) is 0 Å². The molecule has 0 amide bonds. The van der Waals surface area contributed by atoms with E-state index in [0.717, 1.165) is 53.2 Å². The second kappa shape index (κ2) is 8.85. The molecule has 1 aromatic carbocycles. The quantitative estimate of drug-likeness (QED) is 0.517. The second-order valence-electron chi connectivity index (χ2n) is 8.56. The van der Waals surface area contributed by atoms with Gasteiger partial charge in [-0.3, -0.25) is 4.98 Å². The zero-order valence-corrected chi connectivity index (χ0v) is 19.9. The molecule has 0 radical (unpaired) electrons. The Morgan fingerprint density at radius 2 is 2.06 bits per heavy atom. The molecule has 2 saturated heterocycles. The van der Waals surface area contributed by atoms with Crippen molar-refractivity contribution in [2.75, 3.05) is 13.2 Å². The van der Waals surface area contributed by atoms with E-state index in [0.29, 0.717) is 0 Å². The molecule has 0 saturated carbocycles. The van der Waals surface area contributed by atoms with Crippen molar-refractivity contribution in [3.8, 4) is 5.69 Å². The number of nitrogens with one attached hydrogen (secondary N) is 1. The van der Waals surface area contributed by atoms with Gasteiger partial charge in [0.05, 0.1) is 23.9 Å². The number of aryl methyl sites for hydroxylation is 1. The summed E-state index contributed by atoms with van der Waals surface area (Å²) in [5, 5.41) is 5.04. The maximum Gasteiger partial charge on any atom is 0.170 e. The van der Waals surface area contributed by atoms with Gasteiger partial charge >= 0.3 is 0 Å². The predicted molar refractivity (Wildman–Crippen MR) is 131 cm³/mol. The van der Waals surface area contributed by atoms with Gasteiger partial charge < -0.3 is 19.5 Å². The van der Waals surface area contributed by atoms with Crippen LogP contribution in [0.4, 0.5) is 0 Å². The van der Waals surface area contributed by atoms with Crippen LogP contribution in [0.1, 0.15) is 47.6 Å². The highest BCUT2D eigenvalue weighted by Gasteiger charge is 2.42. The number of halogens is 1. The molecule has 0 spiro atoms. The van der Waals surface area contributed by atoms with Crippen LogP contribution < -0.4 is 5.32 Å². The highest BCUT2D eigenvalue weighted by molar-refractivity contribution is 7.80. The van der Waals surface area contributed by atoms with Crippen LogP contribution in [0.3, 0.4) is 0 Å². The van der Waals surface area contributed by atoms with Crippen molar-refractivity contribution in [3.63, 3.8) is 0 Å². The van der Waals surface area contributed by atoms with Crippen molar-refractivity contribution in [3.05, 3.63) is 82.4 Å². The highest BCUT2D eigenvalue weighted by atomic mass is 35.5. The Kier molecular flexibility index (Phi) is 5.93. The van der Waals surface area contributed by atoms with Crippen LogP contribution in [0, 0.1) is 13.8 Å². The van der Waals surface area contributed by atoms with E-state index in [1.165, 1.54) is 11.3 Å². The lowest BCUT2D eigenvalue weighted by molar-refractivity contribution is 0.0842. The summed E-state index contributed by atoms with van der Waals surface area (Å²) in [7, 11) is 0. The molecule has 4 heterocycles. The zero-order chi connectivity index (χ0) is 22.2. The Balaban J connectivity index is 1.59. The largest absolute Gasteiger partial charge is 0.376 e. The van der Waals surface area contributed by atoms with Gasteiger partial charge in [-0.05, 0) is 80.9 Å². The molecule has 3 atom stereocenters. The smallest absolute Gasteiger partial charge is 0.170 e. The van der Waals surface area contributed by atoms with Crippen molar-refractivity contribution in [1.82, 2.24) is 19.8 Å². The minimum Gasteiger partial charge on any atom is -0.376 e. The Labute approximate surface area is 199 Å². The van der Waals surface area contributed by atoms with Crippen LogP contribution in [-0.2, 0) is 4.74 Å². The molecule has 0 bridgehead atoms. The molecule has 0 aliphatic carbocycles. The molecule has 166 valence electrons. The molecule has 7 heteroatoms. The lowest BCUT2D eigenvalue weighted by atomic mass is 9.96. The zero-order valence-electron chi connectivity index (χ0n) is 18.3. The van der Waals surface area contributed by atoms with Gasteiger partial charge in [0.25, 0.3) is 0 Å². The topological polar surface area (TPSA) is 42.3 Å². The predicted octanol–water partition coefficient (Wildman–Crippen LogP) is 5.29. The molecule has 1 N–H and O–H groups in total. The minimum atomic E-state index is -0.0292. The minimum absolute atomic E-state index is 0.0285. The lowest BCUT2D eigenvalue weighted by Gasteiger charge is -2.30. The molecule has 3 aromatic rings. The summed E-state index contributed by atoms with van der Waals surface area (Å²) in [6.45, 7) is 5.92. The third kappa shape index (κ3) is 3.91. The van der Waals surface area contributed by atoms with Crippen LogP contribution in [-0.4, -0.2) is 38.8 Å². The van der Waals surface area contributed by atoms with Gasteiger partial charge in [0, 0.05) is 41.4 Å². The van der Waals surface area contributed by atoms with Gasteiger partial charge in [0.15, 0.2) is 5.11 Å². The van der Waals surface area contributed by atoms with Gasteiger partial charge in [-0.1, -0.05) is 23.7 Å². The van der Waals surface area contributed by atoms with Crippen LogP contribution in [0.15, 0.2) is 54.7 Å². The van der Waals surface area contributed by atoms with Crippen LogP contribution in [0.2, 0.25) is 5.02 Å². The van der Waals surface area contributed by atoms with E-state index in [1.54, 1.807) is 0 Å². The van der Waals surface area contributed by atoms with Gasteiger partial charge in [0.2, 0.25) is 0 Å². The van der Waals surface area contributed by atoms with Gasteiger partial charge in [-0.2, -0.15) is 0 Å². The maximum absolute atomic E-state index is 6.30. The Bertz CT molecular complexity index is 1130. The fourth-order valence-electron chi connectivity index (χ4n) is 5.05. The first-order chi connectivity index (χ1) is 15.5. The van der Waals surface area contributed by atoms with E-state index >= 15 is 0 Å². The second-order valence-corrected chi connectivity index (χ2v) is 9.38. The van der Waals surface area contributed by atoms with E-state index in [9.17, 15) is 0 Å². The fraction of sp³-hybridized carbons (Fsp3) is 0.360. The molecule has 2 fully saturated rings. The van der Waals surface area contributed by atoms with Crippen molar-refractivity contribution >= 4 is 28.9 Å². The molecular weight excluding hydrogens is 440 g/mol. The molecule has 0 unspecified atom stereocenters. The number of nitrogens with zero attached hydrogens (tertiary/aromatic N) is 3. The van der Waals surface area contributed by atoms with Gasteiger partial charge in [0.1, 0.15) is 0 Å². The molecule has 32 heavy (non-hydrogen) atoms. The van der Waals surface area contributed by atoms with E-state index in [-0.39, 0.29) is 18.2 Å². The fourth-order valence-corrected chi connectivity index (χ4v) is 5.55. The summed E-state index contributed by atoms with van der Waals surface area (Å²) >= 11 is 12.1. The number of hydrogen-bond acceptors (Lipinski definition) is 3. The molecule has 2 aliphatic rings. The Hall–Kier alpha value is -2.41. The summed E-state index contributed by atoms with van der Waals surface area (Å²) in [4.78, 5) is 6.96. The SMILES string of the molecule is Cc1cc([C@H]2[C@@H](c3ccccn3)NC(=S)N2C[C@@H]2CCCO2)c(C)n1-c1cccc(Cl)c1. The average Bonchev–Trinajstić information content (AvgIpc) is 3.48. The summed E-state index contributed by atoms with van der Waals surface area (Å²) in [5.41, 5.74) is 5.63. The van der Waals surface area contributed by atoms with Crippen LogP contribution in [0.5, 0.6) is 0 Å². The lowest BCUT2D eigenvalue weighted by Crippen LogP contribution is -2.36. The number of benzene rings is 1. The first-order valence-electron chi connectivity index (χ1n) is 11.1. The molecule has 2 aromatic heterocycles. The highest BCUT2D eigenvalue weighted by Crippen LogP contribution is 2.42. The molecule has 5 rings (SSSR count). The van der Waals surface area contributed by atoms with Gasteiger partial charge in [-0.25, -0.2) is 0 Å². The normalized spacial score (nSPS) is 23.0. The van der Waals surface area contributed by atoms with E-state index in [4.69, 9.17) is 28.6 Å². The van der Waals surface area contributed by atoms with Crippen molar-refractivity contribution in [1.29, 1.82) is 0 Å². The number of ether oxygens (including phenoxy) is 1. The first kappa shape index (κ1) is 21.4. The number of rotatable bonds is 5. The Morgan fingerprint density at radius 1 is 1.19 bits per heavy atom. The first-order valence-corrected chi connectivity index (χ1v) is 11.9. The monoisotopic (exact) mass is 466 g/mol. The van der Waals surface area contributed by atoms with Crippen LogP contribution in [0.25, 0.3) is 5.69 Å². The summed E-state index contributed by atoms with van der Waals surface area (Å²) in [6.07, 6.45) is 4.23. The molecule has 5 nitrogen and oxygen atoms in total. The Morgan fingerprint density at radius 3 is 2.78 bits per heavy atom. The standard InChI is InChI=1S/C25H27ClN4OS/c1-16-13-21(17(2)30(16)19-8-5-7-18(26)14-19)24-23(22-10-3-4-11-27-22)28-25(32)29(24)15-20-9-6-12-31-20/h3-5,7-8,10-11,13-14,20,23-24H,6,9,12,15H2,1-2H3,(H,28,32)/t20-,23+,24-/m0/s1. The maximum atomic E-state index is 6.30. The van der Waals surface area contributed by atoms with Crippen molar-refractivity contribution in [2.45, 2.75) is 44.9 Å². The molecule has 2 aliphatic heterocycles. The molecular formula is C25H27ClN4OS. The van der Waals surface area contributed by atoms with Crippen molar-refractivity contribution < 1.29 is 4.74 Å².